The SMILES string of the molecule is COC[C@H]1NC(=O)CC/C=C\CN(Cn2nnc3ccccc32)C(=O)[C@@H]2N([C@H](CO)c3ccccc3)C(=O)[C@H]3[C@H](C(=O)O[C@@H]1c1ccccc1)[C@H]1O[C@@]23C=C1Br. The smallest absolute Gasteiger partial charge is 0.313 e. The van der Waals surface area contributed by atoms with Crippen LogP contribution in [0.1, 0.15) is 36.1 Å². The highest BCUT2D eigenvalue weighted by atomic mass is 79.9. The molecular formula is C41H41BrN6O8. The Hall–Kier alpha value is -5.22. The third kappa shape index (κ3) is 6.61. The maximum absolute atomic E-state index is 15.4. The first-order chi connectivity index (χ1) is 27.3. The number of carbonyl (C=O) groups is 4. The number of hydrogen-bond donors (Lipinski definition) is 2. The lowest BCUT2D eigenvalue weighted by Gasteiger charge is -2.38. The molecule has 1 spiro atoms. The van der Waals surface area contributed by atoms with Crippen LogP contribution < -0.4 is 5.32 Å². The van der Waals surface area contributed by atoms with E-state index in [9.17, 15) is 14.7 Å². The summed E-state index contributed by atoms with van der Waals surface area (Å²) in [7, 11) is 1.50. The molecule has 3 aromatic carbocycles. The molecule has 8 rings (SSSR count). The van der Waals surface area contributed by atoms with E-state index in [0.29, 0.717) is 33.1 Å². The van der Waals surface area contributed by atoms with E-state index in [-0.39, 0.29) is 32.1 Å². The molecule has 0 saturated carbocycles. The van der Waals surface area contributed by atoms with Crippen molar-refractivity contribution >= 4 is 50.7 Å². The highest BCUT2D eigenvalue weighted by Crippen LogP contribution is 2.60. The topological polar surface area (TPSA) is 165 Å². The van der Waals surface area contributed by atoms with Gasteiger partial charge in [0.25, 0.3) is 5.91 Å². The average Bonchev–Trinajstić information content (AvgIpc) is 3.94. The molecule has 1 aromatic heterocycles. The molecule has 2 saturated heterocycles. The summed E-state index contributed by atoms with van der Waals surface area (Å²) in [5.74, 6) is -4.43. The number of aliphatic hydroxyl groups is 1. The van der Waals surface area contributed by atoms with E-state index < -0.39 is 72.2 Å². The van der Waals surface area contributed by atoms with Crippen LogP contribution in [0.5, 0.6) is 0 Å². The van der Waals surface area contributed by atoms with Crippen molar-refractivity contribution in [2.45, 2.75) is 55.4 Å². The summed E-state index contributed by atoms with van der Waals surface area (Å²) in [4.78, 5) is 61.6. The summed E-state index contributed by atoms with van der Waals surface area (Å²) in [6.07, 6.45) is 3.86. The molecule has 4 aliphatic heterocycles. The Morgan fingerprint density at radius 1 is 0.964 bits per heavy atom. The van der Waals surface area contributed by atoms with Crippen LogP contribution in [0, 0.1) is 11.8 Å². The number of hydrogen-bond acceptors (Lipinski definition) is 10. The lowest BCUT2D eigenvalue weighted by Crippen LogP contribution is -2.57. The zero-order valence-corrected chi connectivity index (χ0v) is 32.1. The number of amides is 3. The van der Waals surface area contributed by atoms with Gasteiger partial charge in [0.1, 0.15) is 42.0 Å². The molecule has 0 radical (unpaired) electrons. The van der Waals surface area contributed by atoms with Crippen molar-refractivity contribution in [2.24, 2.45) is 11.8 Å². The molecule has 4 aliphatic rings. The predicted molar refractivity (Wildman–Crippen MR) is 205 cm³/mol. The first-order valence-corrected chi connectivity index (χ1v) is 19.3. The zero-order valence-electron chi connectivity index (χ0n) is 30.5. The number of allylic oxidation sites excluding steroid dienone is 1. The highest BCUT2D eigenvalue weighted by molar-refractivity contribution is 9.11. The van der Waals surface area contributed by atoms with Gasteiger partial charge in [0.05, 0.1) is 36.7 Å². The monoisotopic (exact) mass is 824 g/mol. The van der Waals surface area contributed by atoms with E-state index in [0.717, 1.165) is 0 Å². The summed E-state index contributed by atoms with van der Waals surface area (Å²) in [6, 6.07) is 22.3. The standard InChI is InChI=1S/C41H41BrN6O8/c1-54-23-29-35(26-15-7-3-8-16-26)55-40(53)33-34-38(51)48(31(22-49)25-13-5-2-6-14-25)37(41(34)21-27(42)36(33)56-41)39(52)46(20-12-4-9-19-32(50)43-29)24-47-30-18-11-10-17-28(30)44-45-47/h2-8,10-18,21,29,31,33-37,49H,9,19-20,22-24H2,1H3,(H,43,50)/b12-4-/t29-,31-,33+,34-,35-,36+,37+,41-/m1/s1. The number of nitrogens with one attached hydrogen (secondary N) is 1. The molecule has 56 heavy (non-hydrogen) atoms. The van der Waals surface area contributed by atoms with Gasteiger partial charge in [0.2, 0.25) is 11.8 Å². The quantitative estimate of drug-likeness (QED) is 0.198. The first-order valence-electron chi connectivity index (χ1n) is 18.6. The number of para-hydroxylation sites is 1. The van der Waals surface area contributed by atoms with E-state index in [1.54, 1.807) is 70.3 Å². The van der Waals surface area contributed by atoms with Crippen molar-refractivity contribution < 1.29 is 38.5 Å². The number of nitrogens with zero attached hydrogens (tertiary/aromatic N) is 5. The molecule has 0 aliphatic carbocycles. The number of rotatable bonds is 8. The van der Waals surface area contributed by atoms with Crippen molar-refractivity contribution in [1.29, 1.82) is 0 Å². The van der Waals surface area contributed by atoms with E-state index in [1.807, 2.05) is 42.5 Å². The predicted octanol–water partition coefficient (Wildman–Crippen LogP) is 3.59. The van der Waals surface area contributed by atoms with Crippen molar-refractivity contribution in [3.8, 4) is 0 Å². The van der Waals surface area contributed by atoms with Gasteiger partial charge in [-0.1, -0.05) is 106 Å². The molecule has 2 fully saturated rings. The van der Waals surface area contributed by atoms with Gasteiger partial charge in [0, 0.05) is 24.6 Å². The Kier molecular flexibility index (Phi) is 10.6. The minimum Gasteiger partial charge on any atom is -0.455 e. The lowest BCUT2D eigenvalue weighted by molar-refractivity contribution is -0.163. The Morgan fingerprint density at radius 2 is 1.70 bits per heavy atom. The molecule has 8 atom stereocenters. The number of benzene rings is 3. The molecule has 15 heteroatoms. The maximum atomic E-state index is 15.4. The molecule has 4 aromatic rings. The second-order valence-electron chi connectivity index (χ2n) is 14.4. The number of cyclic esters (lactones) is 1. The summed E-state index contributed by atoms with van der Waals surface area (Å²) >= 11 is 3.63. The minimum atomic E-state index is -1.62. The third-order valence-corrected chi connectivity index (χ3v) is 11.7. The van der Waals surface area contributed by atoms with Gasteiger partial charge < -0.3 is 34.4 Å². The third-order valence-electron chi connectivity index (χ3n) is 11.1. The molecule has 3 amide bonds. The van der Waals surface area contributed by atoms with Crippen LogP contribution in [0.15, 0.2) is 108 Å². The van der Waals surface area contributed by atoms with E-state index in [2.05, 4.69) is 31.6 Å². The van der Waals surface area contributed by atoms with Crippen LogP contribution in [0.25, 0.3) is 11.0 Å². The number of ether oxygens (including phenoxy) is 3. The van der Waals surface area contributed by atoms with Crippen LogP contribution in [0.2, 0.25) is 0 Å². The molecular weight excluding hydrogens is 784 g/mol. The van der Waals surface area contributed by atoms with Crippen LogP contribution in [-0.2, 0) is 40.1 Å². The van der Waals surface area contributed by atoms with E-state index >= 15 is 9.59 Å². The van der Waals surface area contributed by atoms with Crippen molar-refractivity contribution in [3.05, 3.63) is 119 Å². The maximum Gasteiger partial charge on any atom is 0.313 e. The number of methoxy groups -OCH3 is 1. The highest BCUT2D eigenvalue weighted by Gasteiger charge is 2.75. The minimum absolute atomic E-state index is 0.0282. The summed E-state index contributed by atoms with van der Waals surface area (Å²) in [5, 5.41) is 22.6. The van der Waals surface area contributed by atoms with E-state index in [4.69, 9.17) is 14.2 Å². The van der Waals surface area contributed by atoms with Gasteiger partial charge in [-0.3, -0.25) is 19.2 Å². The fourth-order valence-electron chi connectivity index (χ4n) is 8.57. The lowest BCUT2D eigenvalue weighted by atomic mass is 9.74. The fourth-order valence-corrected chi connectivity index (χ4v) is 9.31. The van der Waals surface area contributed by atoms with Crippen LogP contribution in [-0.4, -0.2) is 104 Å². The van der Waals surface area contributed by atoms with Gasteiger partial charge in [-0.25, -0.2) is 4.68 Å². The molecule has 0 unspecified atom stereocenters. The number of carbonyl (C=O) groups excluding carboxylic acids is 4. The fraction of sp³-hybridized carbons (Fsp3) is 0.366. The zero-order chi connectivity index (χ0) is 39.0. The Morgan fingerprint density at radius 3 is 2.45 bits per heavy atom. The van der Waals surface area contributed by atoms with Crippen LogP contribution in [0.4, 0.5) is 0 Å². The summed E-state index contributed by atoms with van der Waals surface area (Å²) in [6.45, 7) is -0.449. The molecule has 14 nitrogen and oxygen atoms in total. The second-order valence-corrected chi connectivity index (χ2v) is 15.3. The number of fused-ring (bicyclic) bond motifs is 3. The Labute approximate surface area is 331 Å². The Balaban J connectivity index is 1.27. The van der Waals surface area contributed by atoms with Gasteiger partial charge in [0.15, 0.2) is 0 Å². The summed E-state index contributed by atoms with van der Waals surface area (Å²) in [5.41, 5.74) is 0.931. The average molecular weight is 826 g/mol. The number of halogens is 1. The first kappa shape index (κ1) is 37.7. The van der Waals surface area contributed by atoms with Crippen molar-refractivity contribution in [2.75, 3.05) is 26.9 Å². The van der Waals surface area contributed by atoms with Crippen molar-refractivity contribution in [3.63, 3.8) is 0 Å². The van der Waals surface area contributed by atoms with Gasteiger partial charge in [-0.05, 0) is 35.8 Å². The molecule has 290 valence electrons. The van der Waals surface area contributed by atoms with Crippen molar-refractivity contribution in [1.82, 2.24) is 30.1 Å². The van der Waals surface area contributed by atoms with Crippen LogP contribution in [0.3, 0.4) is 0 Å². The van der Waals surface area contributed by atoms with Crippen LogP contribution >= 0.6 is 15.9 Å². The number of likely N-dealkylation sites (tertiary alicyclic amines) is 1. The number of aliphatic hydroxyl groups excluding tert-OH is 1. The largest absolute Gasteiger partial charge is 0.455 e. The van der Waals surface area contributed by atoms with E-state index in [1.165, 1.54) is 12.0 Å². The number of aromatic nitrogens is 3. The normalized spacial score (nSPS) is 29.2. The van der Waals surface area contributed by atoms with Gasteiger partial charge in [-0.15, -0.1) is 5.10 Å². The molecule has 2 N–H and O–H groups in total. The summed E-state index contributed by atoms with van der Waals surface area (Å²) < 4.78 is 20.7. The second kappa shape index (κ2) is 15.7. The Bertz CT molecular complexity index is 2180. The number of esters is 1. The molecule has 5 heterocycles. The molecule has 5 bridgehead atoms. The van der Waals surface area contributed by atoms with Gasteiger partial charge >= 0.3 is 5.97 Å². The van der Waals surface area contributed by atoms with Gasteiger partial charge in [-0.2, -0.15) is 0 Å².